The molecule has 0 amide bonds. The van der Waals surface area contributed by atoms with E-state index in [2.05, 4.69) is 15.4 Å². The van der Waals surface area contributed by atoms with E-state index in [4.69, 9.17) is 4.74 Å². The SMILES string of the molecule is COc1ccc(C(=O)Cn2nnc(-c3ccc(F)cc3)n2)cc1. The highest BCUT2D eigenvalue weighted by Gasteiger charge is 2.11. The summed E-state index contributed by atoms with van der Waals surface area (Å²) in [7, 11) is 1.56. The number of halogens is 1. The number of ether oxygens (including phenoxy) is 1. The lowest BCUT2D eigenvalue weighted by molar-refractivity contribution is 0.0961. The lowest BCUT2D eigenvalue weighted by atomic mass is 10.1. The van der Waals surface area contributed by atoms with Crippen LogP contribution in [-0.2, 0) is 6.54 Å². The highest BCUT2D eigenvalue weighted by atomic mass is 19.1. The predicted molar refractivity (Wildman–Crippen MR) is 80.5 cm³/mol. The average molecular weight is 312 g/mol. The molecule has 7 heteroatoms. The zero-order valence-electron chi connectivity index (χ0n) is 12.3. The molecule has 0 aliphatic carbocycles. The van der Waals surface area contributed by atoms with Crippen molar-refractivity contribution in [3.8, 4) is 17.1 Å². The maximum atomic E-state index is 12.9. The van der Waals surface area contributed by atoms with Crippen LogP contribution in [0.4, 0.5) is 4.39 Å². The Morgan fingerprint density at radius 1 is 1.13 bits per heavy atom. The smallest absolute Gasteiger partial charge is 0.204 e. The standard InChI is InChI=1S/C16H13FN4O2/c1-23-14-8-4-11(5-9-14)15(22)10-21-19-16(18-20-21)12-2-6-13(17)7-3-12/h2-9H,10H2,1H3. The molecule has 0 N–H and O–H groups in total. The van der Waals surface area contributed by atoms with E-state index in [9.17, 15) is 9.18 Å². The molecule has 0 saturated heterocycles. The summed E-state index contributed by atoms with van der Waals surface area (Å²) in [4.78, 5) is 13.4. The van der Waals surface area contributed by atoms with Crippen molar-refractivity contribution in [2.24, 2.45) is 0 Å². The second kappa shape index (κ2) is 6.35. The summed E-state index contributed by atoms with van der Waals surface area (Å²) in [5.41, 5.74) is 1.17. The monoisotopic (exact) mass is 312 g/mol. The minimum Gasteiger partial charge on any atom is -0.497 e. The van der Waals surface area contributed by atoms with Gasteiger partial charge in [-0.25, -0.2) is 4.39 Å². The number of ketones is 1. The molecule has 6 nitrogen and oxygen atoms in total. The Hall–Kier alpha value is -3.09. The molecule has 2 aromatic carbocycles. The lowest BCUT2D eigenvalue weighted by Gasteiger charge is -2.02. The van der Waals surface area contributed by atoms with Gasteiger partial charge in [-0.1, -0.05) is 0 Å². The number of rotatable bonds is 5. The number of hydrogen-bond acceptors (Lipinski definition) is 5. The number of carbonyl (C=O) groups is 1. The van der Waals surface area contributed by atoms with Crippen molar-refractivity contribution < 1.29 is 13.9 Å². The van der Waals surface area contributed by atoms with E-state index in [-0.39, 0.29) is 18.1 Å². The van der Waals surface area contributed by atoms with E-state index in [1.807, 2.05) is 0 Å². The van der Waals surface area contributed by atoms with Gasteiger partial charge in [0.25, 0.3) is 0 Å². The quantitative estimate of drug-likeness (QED) is 0.676. The number of aromatic nitrogens is 4. The van der Waals surface area contributed by atoms with Crippen LogP contribution in [-0.4, -0.2) is 33.1 Å². The summed E-state index contributed by atoms with van der Waals surface area (Å²) < 4.78 is 18.0. The first-order valence-electron chi connectivity index (χ1n) is 6.87. The maximum absolute atomic E-state index is 12.9. The highest BCUT2D eigenvalue weighted by Crippen LogP contribution is 2.14. The highest BCUT2D eigenvalue weighted by molar-refractivity contribution is 5.95. The van der Waals surface area contributed by atoms with Crippen molar-refractivity contribution in [1.29, 1.82) is 0 Å². The van der Waals surface area contributed by atoms with Gasteiger partial charge in [-0.3, -0.25) is 4.79 Å². The molecule has 0 bridgehead atoms. The van der Waals surface area contributed by atoms with Crippen molar-refractivity contribution >= 4 is 5.78 Å². The topological polar surface area (TPSA) is 69.9 Å². The molecule has 3 rings (SSSR count). The summed E-state index contributed by atoms with van der Waals surface area (Å²) >= 11 is 0. The normalized spacial score (nSPS) is 10.5. The summed E-state index contributed by atoms with van der Waals surface area (Å²) in [5.74, 6) is 0.540. The van der Waals surface area contributed by atoms with Crippen LogP contribution in [0.5, 0.6) is 5.75 Å². The molecule has 3 aromatic rings. The minimum absolute atomic E-state index is 0.0273. The Morgan fingerprint density at radius 2 is 1.83 bits per heavy atom. The Kier molecular flexibility index (Phi) is 4.09. The van der Waals surface area contributed by atoms with Crippen molar-refractivity contribution in [1.82, 2.24) is 20.2 Å². The zero-order valence-corrected chi connectivity index (χ0v) is 12.3. The molecule has 0 spiro atoms. The number of methoxy groups -OCH3 is 1. The third-order valence-corrected chi connectivity index (χ3v) is 3.25. The molecule has 0 aliphatic heterocycles. The summed E-state index contributed by atoms with van der Waals surface area (Å²) in [5, 5.41) is 11.9. The van der Waals surface area contributed by atoms with Gasteiger partial charge in [0.1, 0.15) is 18.1 Å². The lowest BCUT2D eigenvalue weighted by Crippen LogP contribution is -2.13. The zero-order chi connectivity index (χ0) is 16.2. The maximum Gasteiger partial charge on any atom is 0.204 e. The molecular formula is C16H13FN4O2. The van der Waals surface area contributed by atoms with Crippen LogP contribution in [0.15, 0.2) is 48.5 Å². The fourth-order valence-electron chi connectivity index (χ4n) is 2.02. The van der Waals surface area contributed by atoms with Crippen molar-refractivity contribution in [3.63, 3.8) is 0 Å². The molecule has 1 aromatic heterocycles. The van der Waals surface area contributed by atoms with Crippen molar-refractivity contribution in [2.75, 3.05) is 7.11 Å². The van der Waals surface area contributed by atoms with Crippen LogP contribution >= 0.6 is 0 Å². The van der Waals surface area contributed by atoms with Crippen LogP contribution in [0, 0.1) is 5.82 Å². The van der Waals surface area contributed by atoms with Crippen LogP contribution < -0.4 is 4.74 Å². The van der Waals surface area contributed by atoms with Crippen LogP contribution in [0.3, 0.4) is 0 Å². The molecule has 0 aliphatic rings. The number of benzene rings is 2. The molecule has 0 saturated carbocycles. The second-order valence-corrected chi connectivity index (χ2v) is 4.80. The van der Waals surface area contributed by atoms with Crippen LogP contribution in [0.25, 0.3) is 11.4 Å². The minimum atomic E-state index is -0.337. The van der Waals surface area contributed by atoms with E-state index in [0.29, 0.717) is 22.7 Å². The Morgan fingerprint density at radius 3 is 2.48 bits per heavy atom. The molecule has 0 unspecified atom stereocenters. The second-order valence-electron chi connectivity index (χ2n) is 4.80. The number of Topliss-reactive ketones (excluding diaryl/α,β-unsaturated/α-hetero) is 1. The average Bonchev–Trinajstić information content (AvgIpc) is 3.04. The molecule has 0 atom stereocenters. The van der Waals surface area contributed by atoms with Gasteiger partial charge >= 0.3 is 0 Å². The van der Waals surface area contributed by atoms with Gasteiger partial charge in [-0.05, 0) is 53.7 Å². The van der Waals surface area contributed by atoms with Gasteiger partial charge in [0, 0.05) is 11.1 Å². The van der Waals surface area contributed by atoms with Gasteiger partial charge < -0.3 is 4.74 Å². The van der Waals surface area contributed by atoms with Crippen molar-refractivity contribution in [2.45, 2.75) is 6.54 Å². The van der Waals surface area contributed by atoms with Crippen LogP contribution in [0.2, 0.25) is 0 Å². The Bertz CT molecular complexity index is 813. The third kappa shape index (κ3) is 3.39. The number of tetrazole rings is 1. The molecule has 0 fully saturated rings. The summed E-state index contributed by atoms with van der Waals surface area (Å²) in [6.45, 7) is -0.0273. The fourth-order valence-corrected chi connectivity index (χ4v) is 2.02. The molecule has 0 radical (unpaired) electrons. The molecule has 116 valence electrons. The molecule has 23 heavy (non-hydrogen) atoms. The predicted octanol–water partition coefficient (Wildman–Crippen LogP) is 2.37. The Labute approximate surface area is 131 Å². The van der Waals surface area contributed by atoms with E-state index >= 15 is 0 Å². The first-order chi connectivity index (χ1) is 11.2. The first kappa shape index (κ1) is 14.8. The molecule has 1 heterocycles. The number of nitrogens with zero attached hydrogens (tertiary/aromatic N) is 4. The van der Waals surface area contributed by atoms with Gasteiger partial charge in [-0.2, -0.15) is 4.80 Å². The third-order valence-electron chi connectivity index (χ3n) is 3.25. The van der Waals surface area contributed by atoms with Crippen LogP contribution in [0.1, 0.15) is 10.4 Å². The fraction of sp³-hybridized carbons (Fsp3) is 0.125. The van der Waals surface area contributed by atoms with E-state index in [1.165, 1.54) is 16.9 Å². The van der Waals surface area contributed by atoms with Gasteiger partial charge in [0.2, 0.25) is 5.82 Å². The van der Waals surface area contributed by atoms with Crippen molar-refractivity contribution in [3.05, 3.63) is 59.9 Å². The van der Waals surface area contributed by atoms with Gasteiger partial charge in [0.15, 0.2) is 5.78 Å². The van der Waals surface area contributed by atoms with E-state index in [0.717, 1.165) is 0 Å². The summed E-state index contributed by atoms with van der Waals surface area (Å²) in [6.07, 6.45) is 0. The number of hydrogen-bond donors (Lipinski definition) is 0. The number of carbonyl (C=O) groups excluding carboxylic acids is 1. The van der Waals surface area contributed by atoms with Gasteiger partial charge in [-0.15, -0.1) is 10.2 Å². The molecular weight excluding hydrogens is 299 g/mol. The summed E-state index contributed by atoms with van der Waals surface area (Å²) in [6, 6.07) is 12.5. The Balaban J connectivity index is 1.73. The van der Waals surface area contributed by atoms with E-state index < -0.39 is 0 Å². The van der Waals surface area contributed by atoms with E-state index in [1.54, 1.807) is 43.5 Å². The first-order valence-corrected chi connectivity index (χ1v) is 6.87. The van der Waals surface area contributed by atoms with Gasteiger partial charge in [0.05, 0.1) is 7.11 Å². The largest absolute Gasteiger partial charge is 0.497 e.